The molecule has 0 amide bonds. The van der Waals surface area contributed by atoms with Crippen LogP contribution in [0, 0.1) is 0 Å². The molecular weight excluding hydrogens is 795 g/mol. The number of para-hydroxylation sites is 4. The van der Waals surface area contributed by atoms with Gasteiger partial charge in [-0.05, 0) is 48.5 Å². The fraction of sp³-hybridized carbons (Fsp3) is 0. The molecule has 12 aromatic rings. The van der Waals surface area contributed by atoms with Crippen molar-refractivity contribution in [2.45, 2.75) is 0 Å². The van der Waals surface area contributed by atoms with Gasteiger partial charge in [-0.1, -0.05) is 149 Å². The first-order valence-corrected chi connectivity index (χ1v) is 20.8. The molecule has 0 atom stereocenters. The van der Waals surface area contributed by atoms with E-state index in [-0.39, 0.29) is 0 Å². The first-order chi connectivity index (χ1) is 28.7. The average Bonchev–Trinajstić information content (AvgIpc) is 3.94. The zero-order valence-corrected chi connectivity index (χ0v) is 33.2. The molecule has 0 aliphatic carbocycles. The summed E-state index contributed by atoms with van der Waals surface area (Å²) in [5.74, 6) is 1.84. The van der Waals surface area contributed by atoms with Crippen molar-refractivity contribution < 1.29 is 0 Å². The Morgan fingerprint density at radius 1 is 0.414 bits per heavy atom. The Kier molecular flexibility index (Phi) is 7.48. The molecule has 12 rings (SSSR count). The van der Waals surface area contributed by atoms with E-state index in [4.69, 9.17) is 15.0 Å². The second-order valence-corrected chi connectivity index (χ2v) is 16.5. The molecule has 0 aliphatic rings. The van der Waals surface area contributed by atoms with Gasteiger partial charge in [0, 0.05) is 58.2 Å². The zero-order chi connectivity index (χ0) is 38.3. The Labute approximate surface area is 345 Å². The molecule has 0 spiro atoms. The second kappa shape index (κ2) is 13.1. The number of thiophene rings is 1. The van der Waals surface area contributed by atoms with Crippen molar-refractivity contribution in [2.75, 3.05) is 0 Å². The van der Waals surface area contributed by atoms with E-state index in [0.29, 0.717) is 17.5 Å². The first-order valence-electron chi connectivity index (χ1n) is 19.2. The summed E-state index contributed by atoms with van der Waals surface area (Å²) in [5.41, 5.74) is 9.39. The van der Waals surface area contributed by atoms with Gasteiger partial charge in [0.1, 0.15) is 0 Å². The molecule has 58 heavy (non-hydrogen) atoms. The van der Waals surface area contributed by atoms with Crippen LogP contribution in [0.4, 0.5) is 0 Å². The topological polar surface area (TPSA) is 48.5 Å². The summed E-state index contributed by atoms with van der Waals surface area (Å²) in [5, 5.41) is 7.10. The molecule has 0 fully saturated rings. The molecule has 0 N–H and O–H groups in total. The Hall–Kier alpha value is -6.93. The second-order valence-electron chi connectivity index (χ2n) is 14.5. The molecule has 0 saturated carbocycles. The summed E-state index contributed by atoms with van der Waals surface area (Å²) in [6.45, 7) is 0. The molecule has 272 valence electrons. The van der Waals surface area contributed by atoms with Crippen LogP contribution in [0.15, 0.2) is 186 Å². The highest BCUT2D eigenvalue weighted by Gasteiger charge is 2.27. The number of benzene rings is 8. The van der Waals surface area contributed by atoms with E-state index >= 15 is 0 Å². The lowest BCUT2D eigenvalue weighted by Crippen LogP contribution is -2.06. The number of hydrogen-bond acceptors (Lipinski definition) is 4. The summed E-state index contributed by atoms with van der Waals surface area (Å²) < 4.78 is 8.29. The van der Waals surface area contributed by atoms with Crippen molar-refractivity contribution in [3.8, 4) is 45.5 Å². The summed E-state index contributed by atoms with van der Waals surface area (Å²) in [7, 11) is 0. The van der Waals surface area contributed by atoms with Crippen molar-refractivity contribution in [2.24, 2.45) is 0 Å². The van der Waals surface area contributed by atoms with E-state index in [2.05, 4.69) is 171 Å². The smallest absolute Gasteiger partial charge is 0.166 e. The standard InChI is InChI=1S/C51H30BrN5S/c52-33-27-28-45-38(29-33)46-47(57-42-25-13-9-21-36(42)37-22-10-14-26-43(37)57)39(51-54-49(31-15-3-1-4-16-31)53-50(55-51)32-17-5-2-6-18-32)30-44(48(46)58-45)56-40-23-11-7-19-34(40)35-20-8-12-24-41(35)56/h1-30H. The van der Waals surface area contributed by atoms with Gasteiger partial charge in [0.2, 0.25) is 0 Å². The lowest BCUT2D eigenvalue weighted by molar-refractivity contribution is 1.06. The number of hydrogen-bond donors (Lipinski definition) is 0. The van der Waals surface area contributed by atoms with Gasteiger partial charge < -0.3 is 9.13 Å². The minimum atomic E-state index is 0.600. The molecule has 7 heteroatoms. The Balaban J connectivity index is 1.33. The predicted molar refractivity (Wildman–Crippen MR) is 245 cm³/mol. The van der Waals surface area contributed by atoms with E-state index in [1.54, 1.807) is 0 Å². The van der Waals surface area contributed by atoms with E-state index in [0.717, 1.165) is 65.4 Å². The third kappa shape index (κ3) is 5.03. The van der Waals surface area contributed by atoms with Gasteiger partial charge in [0.25, 0.3) is 0 Å². The molecule has 4 heterocycles. The maximum absolute atomic E-state index is 5.42. The first kappa shape index (κ1) is 33.2. The summed E-state index contributed by atoms with van der Waals surface area (Å²) in [6, 6.07) is 64.3. The quantitative estimate of drug-likeness (QED) is 0.174. The Morgan fingerprint density at radius 2 is 0.862 bits per heavy atom. The summed E-state index contributed by atoms with van der Waals surface area (Å²) >= 11 is 5.70. The van der Waals surface area contributed by atoms with Crippen LogP contribution in [0.5, 0.6) is 0 Å². The number of halogens is 1. The highest BCUT2D eigenvalue weighted by molar-refractivity contribution is 9.10. The Bertz CT molecular complexity index is 3420. The van der Waals surface area contributed by atoms with Gasteiger partial charge in [0.05, 0.1) is 38.1 Å². The van der Waals surface area contributed by atoms with Gasteiger partial charge >= 0.3 is 0 Å². The van der Waals surface area contributed by atoms with Crippen LogP contribution in [0.2, 0.25) is 0 Å². The van der Waals surface area contributed by atoms with Crippen LogP contribution in [0.3, 0.4) is 0 Å². The number of rotatable bonds is 5. The van der Waals surface area contributed by atoms with Gasteiger partial charge in [-0.2, -0.15) is 0 Å². The minimum absolute atomic E-state index is 0.600. The molecule has 0 bridgehead atoms. The maximum atomic E-state index is 5.42. The van der Waals surface area contributed by atoms with E-state index in [1.807, 2.05) is 47.7 Å². The summed E-state index contributed by atoms with van der Waals surface area (Å²) in [4.78, 5) is 16.0. The molecule has 8 aromatic carbocycles. The SMILES string of the molecule is Brc1ccc2sc3c(-n4c5ccccc5c5ccccc54)cc(-c4nc(-c5ccccc5)nc(-c5ccccc5)n4)c(-n4c5ccccc5c5ccccc54)c3c2c1. The lowest BCUT2D eigenvalue weighted by Gasteiger charge is -2.19. The largest absolute Gasteiger partial charge is 0.308 e. The molecule has 0 unspecified atom stereocenters. The van der Waals surface area contributed by atoms with Crippen LogP contribution in [-0.4, -0.2) is 24.1 Å². The number of fused-ring (bicyclic) bond motifs is 9. The Morgan fingerprint density at radius 3 is 1.38 bits per heavy atom. The van der Waals surface area contributed by atoms with E-state index < -0.39 is 0 Å². The normalized spacial score (nSPS) is 11.9. The molecular formula is C51H30BrN5S. The molecule has 4 aromatic heterocycles. The monoisotopic (exact) mass is 823 g/mol. The molecule has 0 radical (unpaired) electrons. The number of nitrogens with zero attached hydrogens (tertiary/aromatic N) is 5. The van der Waals surface area contributed by atoms with Crippen molar-refractivity contribution >= 4 is 91.1 Å². The fourth-order valence-corrected chi connectivity index (χ4v) is 10.3. The minimum Gasteiger partial charge on any atom is -0.308 e. The highest BCUT2D eigenvalue weighted by atomic mass is 79.9. The van der Waals surface area contributed by atoms with Crippen LogP contribution in [0.25, 0.3) is 109 Å². The molecule has 0 aliphatic heterocycles. The lowest BCUT2D eigenvalue weighted by atomic mass is 10.0. The summed E-state index contributed by atoms with van der Waals surface area (Å²) in [6.07, 6.45) is 0. The van der Waals surface area contributed by atoms with Crippen LogP contribution < -0.4 is 0 Å². The molecule has 5 nitrogen and oxygen atoms in total. The van der Waals surface area contributed by atoms with Crippen molar-refractivity contribution in [3.63, 3.8) is 0 Å². The van der Waals surface area contributed by atoms with E-state index in [1.165, 1.54) is 30.9 Å². The van der Waals surface area contributed by atoms with Gasteiger partial charge in [-0.25, -0.2) is 15.0 Å². The highest BCUT2D eigenvalue weighted by Crippen LogP contribution is 2.49. The van der Waals surface area contributed by atoms with Gasteiger partial charge in [-0.3, -0.25) is 0 Å². The predicted octanol–water partition coefficient (Wildman–Crippen LogP) is 14.2. The van der Waals surface area contributed by atoms with Crippen molar-refractivity contribution in [3.05, 3.63) is 186 Å². The zero-order valence-electron chi connectivity index (χ0n) is 30.8. The average molecular weight is 825 g/mol. The van der Waals surface area contributed by atoms with Crippen molar-refractivity contribution in [1.82, 2.24) is 24.1 Å². The van der Waals surface area contributed by atoms with Crippen LogP contribution in [-0.2, 0) is 0 Å². The fourth-order valence-electron chi connectivity index (χ4n) is 8.73. The third-order valence-electron chi connectivity index (χ3n) is 11.2. The van der Waals surface area contributed by atoms with Gasteiger partial charge in [-0.15, -0.1) is 11.3 Å². The van der Waals surface area contributed by atoms with Crippen LogP contribution >= 0.6 is 27.3 Å². The van der Waals surface area contributed by atoms with Crippen LogP contribution in [0.1, 0.15) is 0 Å². The van der Waals surface area contributed by atoms with Crippen molar-refractivity contribution in [1.29, 1.82) is 0 Å². The van der Waals surface area contributed by atoms with Gasteiger partial charge in [0.15, 0.2) is 17.5 Å². The third-order valence-corrected chi connectivity index (χ3v) is 12.9. The van der Waals surface area contributed by atoms with E-state index in [9.17, 15) is 0 Å². The molecule has 0 saturated heterocycles. The number of aromatic nitrogens is 5. The maximum Gasteiger partial charge on any atom is 0.166 e.